The molecule has 0 bridgehead atoms. The van der Waals surface area contributed by atoms with E-state index in [-0.39, 0.29) is 5.91 Å². The number of nitrogen functional groups attached to an aromatic ring is 1. The zero-order chi connectivity index (χ0) is 13.0. The lowest BCUT2D eigenvalue weighted by molar-refractivity contribution is 0.0950. The van der Waals surface area contributed by atoms with Gasteiger partial charge in [-0.15, -0.1) is 0 Å². The second kappa shape index (κ2) is 5.51. The van der Waals surface area contributed by atoms with E-state index in [1.807, 2.05) is 18.2 Å². The fourth-order valence-corrected chi connectivity index (χ4v) is 1.62. The second-order valence-corrected chi connectivity index (χ2v) is 4.15. The molecule has 92 valence electrons. The molecule has 1 aromatic carbocycles. The molecule has 0 aliphatic heterocycles. The summed E-state index contributed by atoms with van der Waals surface area (Å²) in [6, 6.07) is 10.3. The molecule has 2 aromatic rings. The van der Waals surface area contributed by atoms with Gasteiger partial charge in [-0.05, 0) is 30.3 Å². The third kappa shape index (κ3) is 2.99. The Kier molecular flexibility index (Phi) is 3.79. The number of halogens is 1. The fraction of sp³-hybridized carbons (Fsp3) is 0.0769. The normalized spacial score (nSPS) is 10.1. The number of rotatable bonds is 3. The number of amides is 1. The third-order valence-electron chi connectivity index (χ3n) is 2.42. The topological polar surface area (TPSA) is 68.0 Å². The summed E-state index contributed by atoms with van der Waals surface area (Å²) in [4.78, 5) is 16.0. The summed E-state index contributed by atoms with van der Waals surface area (Å²) in [5.74, 6) is -0.206. The van der Waals surface area contributed by atoms with Crippen LogP contribution in [0.1, 0.15) is 16.1 Å². The molecule has 4 nitrogen and oxygen atoms in total. The van der Waals surface area contributed by atoms with Gasteiger partial charge in [-0.3, -0.25) is 9.78 Å². The lowest BCUT2D eigenvalue weighted by Crippen LogP contribution is -2.23. The smallest absolute Gasteiger partial charge is 0.251 e. The van der Waals surface area contributed by atoms with E-state index in [4.69, 9.17) is 17.3 Å². The second-order valence-electron chi connectivity index (χ2n) is 3.74. The molecule has 0 atom stereocenters. The molecule has 0 aliphatic carbocycles. The predicted octanol–water partition coefficient (Wildman–Crippen LogP) is 2.25. The Morgan fingerprint density at radius 1 is 1.33 bits per heavy atom. The fourth-order valence-electron chi connectivity index (χ4n) is 1.44. The van der Waals surface area contributed by atoms with E-state index in [0.717, 1.165) is 5.69 Å². The molecule has 0 saturated heterocycles. The molecule has 3 N–H and O–H groups in total. The third-order valence-corrected chi connectivity index (χ3v) is 2.75. The van der Waals surface area contributed by atoms with Crippen molar-refractivity contribution in [1.82, 2.24) is 10.3 Å². The summed E-state index contributed by atoms with van der Waals surface area (Å²) < 4.78 is 0. The number of nitrogens with zero attached hydrogens (tertiary/aromatic N) is 1. The Balaban J connectivity index is 2.02. The Labute approximate surface area is 110 Å². The van der Waals surface area contributed by atoms with Crippen LogP contribution in [0.3, 0.4) is 0 Å². The number of benzene rings is 1. The molecule has 0 saturated carbocycles. The molecule has 1 aromatic heterocycles. The number of hydrogen-bond acceptors (Lipinski definition) is 3. The van der Waals surface area contributed by atoms with Crippen LogP contribution < -0.4 is 11.1 Å². The van der Waals surface area contributed by atoms with Gasteiger partial charge in [-0.1, -0.05) is 17.7 Å². The quantitative estimate of drug-likeness (QED) is 0.833. The van der Waals surface area contributed by atoms with Gasteiger partial charge >= 0.3 is 0 Å². The summed E-state index contributed by atoms with van der Waals surface area (Å²) in [5, 5.41) is 3.14. The molecule has 0 fully saturated rings. The van der Waals surface area contributed by atoms with E-state index in [1.54, 1.807) is 24.4 Å². The van der Waals surface area contributed by atoms with Gasteiger partial charge in [0.05, 0.1) is 22.9 Å². The molecule has 0 unspecified atom stereocenters. The standard InChI is InChI=1S/C13H12ClN3O/c14-11-7-9(4-5-12(11)15)13(18)17-8-10-3-1-2-6-16-10/h1-7H,8,15H2,(H,17,18). The maximum atomic E-state index is 11.8. The number of hydrogen-bond donors (Lipinski definition) is 2. The van der Waals surface area contributed by atoms with E-state index in [2.05, 4.69) is 10.3 Å². The SMILES string of the molecule is Nc1ccc(C(=O)NCc2ccccn2)cc1Cl. The van der Waals surface area contributed by atoms with Crippen molar-refractivity contribution in [3.8, 4) is 0 Å². The van der Waals surface area contributed by atoms with Crippen LogP contribution in [-0.4, -0.2) is 10.9 Å². The van der Waals surface area contributed by atoms with Crippen LogP contribution in [0.15, 0.2) is 42.6 Å². The summed E-state index contributed by atoms with van der Waals surface area (Å²) in [6.45, 7) is 0.377. The molecular weight excluding hydrogens is 250 g/mol. The highest BCUT2D eigenvalue weighted by Gasteiger charge is 2.07. The van der Waals surface area contributed by atoms with Crippen molar-refractivity contribution in [3.63, 3.8) is 0 Å². The van der Waals surface area contributed by atoms with Crippen LogP contribution in [0.2, 0.25) is 5.02 Å². The number of nitrogens with one attached hydrogen (secondary N) is 1. The number of carbonyl (C=O) groups is 1. The van der Waals surface area contributed by atoms with E-state index in [0.29, 0.717) is 22.8 Å². The Bertz CT molecular complexity index is 557. The lowest BCUT2D eigenvalue weighted by Gasteiger charge is -2.06. The minimum Gasteiger partial charge on any atom is -0.398 e. The predicted molar refractivity (Wildman–Crippen MR) is 71.3 cm³/mol. The van der Waals surface area contributed by atoms with Gasteiger partial charge in [0, 0.05) is 11.8 Å². The highest BCUT2D eigenvalue weighted by molar-refractivity contribution is 6.33. The molecule has 0 radical (unpaired) electrons. The first-order valence-electron chi connectivity index (χ1n) is 5.40. The summed E-state index contributed by atoms with van der Waals surface area (Å²) in [6.07, 6.45) is 1.68. The number of pyridine rings is 1. The number of carbonyl (C=O) groups excluding carboxylic acids is 1. The highest BCUT2D eigenvalue weighted by atomic mass is 35.5. The number of aromatic nitrogens is 1. The molecule has 2 rings (SSSR count). The van der Waals surface area contributed by atoms with E-state index in [1.165, 1.54) is 0 Å². The average Bonchev–Trinajstić information content (AvgIpc) is 2.40. The molecule has 1 amide bonds. The highest BCUT2D eigenvalue weighted by Crippen LogP contribution is 2.19. The monoisotopic (exact) mass is 261 g/mol. The lowest BCUT2D eigenvalue weighted by atomic mass is 10.2. The van der Waals surface area contributed by atoms with Crippen molar-refractivity contribution in [3.05, 3.63) is 58.9 Å². The van der Waals surface area contributed by atoms with Crippen molar-refractivity contribution in [2.24, 2.45) is 0 Å². The first kappa shape index (κ1) is 12.4. The summed E-state index contributed by atoms with van der Waals surface area (Å²) >= 11 is 5.86. The number of anilines is 1. The van der Waals surface area contributed by atoms with Crippen molar-refractivity contribution in [1.29, 1.82) is 0 Å². The van der Waals surface area contributed by atoms with E-state index >= 15 is 0 Å². The van der Waals surface area contributed by atoms with Crippen LogP contribution in [0.4, 0.5) is 5.69 Å². The van der Waals surface area contributed by atoms with Gasteiger partial charge < -0.3 is 11.1 Å². The minimum atomic E-state index is -0.206. The van der Waals surface area contributed by atoms with Gasteiger partial charge in [0.2, 0.25) is 0 Å². The van der Waals surface area contributed by atoms with Crippen molar-refractivity contribution in [2.75, 3.05) is 5.73 Å². The van der Waals surface area contributed by atoms with Crippen LogP contribution >= 0.6 is 11.6 Å². The van der Waals surface area contributed by atoms with Crippen molar-refractivity contribution in [2.45, 2.75) is 6.54 Å². The van der Waals surface area contributed by atoms with Gasteiger partial charge in [-0.25, -0.2) is 0 Å². The summed E-state index contributed by atoms with van der Waals surface area (Å²) in [7, 11) is 0. The largest absolute Gasteiger partial charge is 0.398 e. The Morgan fingerprint density at radius 3 is 2.83 bits per heavy atom. The molecule has 0 aliphatic rings. The number of nitrogens with two attached hydrogens (primary N) is 1. The summed E-state index contributed by atoms with van der Waals surface area (Å²) in [5.41, 5.74) is 7.31. The first-order chi connectivity index (χ1) is 8.66. The van der Waals surface area contributed by atoms with E-state index in [9.17, 15) is 4.79 Å². The van der Waals surface area contributed by atoms with Gasteiger partial charge in [0.25, 0.3) is 5.91 Å². The minimum absolute atomic E-state index is 0.206. The van der Waals surface area contributed by atoms with Gasteiger partial charge in [0.15, 0.2) is 0 Å². The maximum absolute atomic E-state index is 11.8. The molecule has 0 spiro atoms. The van der Waals surface area contributed by atoms with Crippen LogP contribution in [-0.2, 0) is 6.54 Å². The van der Waals surface area contributed by atoms with Crippen molar-refractivity contribution >= 4 is 23.2 Å². The van der Waals surface area contributed by atoms with Crippen LogP contribution in [0.5, 0.6) is 0 Å². The maximum Gasteiger partial charge on any atom is 0.251 e. The zero-order valence-electron chi connectivity index (χ0n) is 9.56. The van der Waals surface area contributed by atoms with Crippen LogP contribution in [0, 0.1) is 0 Å². The van der Waals surface area contributed by atoms with Gasteiger partial charge in [-0.2, -0.15) is 0 Å². The first-order valence-corrected chi connectivity index (χ1v) is 5.78. The molecule has 5 heteroatoms. The van der Waals surface area contributed by atoms with E-state index < -0.39 is 0 Å². The molecular formula is C13H12ClN3O. The Morgan fingerprint density at radius 2 is 2.17 bits per heavy atom. The zero-order valence-corrected chi connectivity index (χ0v) is 10.3. The molecule has 1 heterocycles. The Hall–Kier alpha value is -2.07. The molecule has 18 heavy (non-hydrogen) atoms. The van der Waals surface area contributed by atoms with Crippen molar-refractivity contribution < 1.29 is 4.79 Å². The van der Waals surface area contributed by atoms with Gasteiger partial charge in [0.1, 0.15) is 0 Å². The van der Waals surface area contributed by atoms with Crippen LogP contribution in [0.25, 0.3) is 0 Å². The average molecular weight is 262 g/mol.